The third kappa shape index (κ3) is 12.2. The molecule has 0 aromatic rings. The number of rotatable bonds is 6. The Morgan fingerprint density at radius 1 is 0.846 bits per heavy atom. The lowest BCUT2D eigenvalue weighted by atomic mass is 10.2. The van der Waals surface area contributed by atoms with Crippen molar-refractivity contribution in [2.24, 2.45) is 0 Å². The second-order valence-electron chi connectivity index (χ2n) is 2.26. The summed E-state index contributed by atoms with van der Waals surface area (Å²) in [5.41, 5.74) is 0. The Balaban J connectivity index is 3.00. The molecule has 13 heavy (non-hydrogen) atoms. The van der Waals surface area contributed by atoms with Crippen LogP contribution in [0.4, 0.5) is 0 Å². The molecule has 0 heterocycles. The maximum absolute atomic E-state index is 4.93. The van der Waals surface area contributed by atoms with Crippen LogP contribution >= 0.6 is 24.4 Å². The van der Waals surface area contributed by atoms with Crippen molar-refractivity contribution in [1.29, 1.82) is 0 Å². The summed E-state index contributed by atoms with van der Waals surface area (Å²) in [4.78, 5) is 0. The number of hydrogen-bond acceptors (Lipinski definition) is 6. The molecule has 0 radical (unpaired) electrons. The molecule has 0 N–H and O–H groups in total. The highest BCUT2D eigenvalue weighted by atomic mass is 32.1. The highest BCUT2D eigenvalue weighted by Gasteiger charge is 1.89. The second kappa shape index (κ2) is 8.80. The molecule has 0 saturated carbocycles. The van der Waals surface area contributed by atoms with Gasteiger partial charge >= 0.3 is 0 Å². The van der Waals surface area contributed by atoms with Crippen molar-refractivity contribution in [3.05, 3.63) is 0 Å². The largest absolute Gasteiger partial charge is 0.514 e. The molecule has 0 fully saturated rings. The van der Waals surface area contributed by atoms with Gasteiger partial charge in [-0.1, -0.05) is 0 Å². The molecule has 0 aliphatic heterocycles. The van der Waals surface area contributed by atoms with Gasteiger partial charge in [0.1, 0.15) is 0 Å². The van der Waals surface area contributed by atoms with E-state index in [9.17, 15) is 0 Å². The molecule has 2 nitrogen and oxygen atoms in total. The zero-order chi connectivity index (χ0) is 10.1. The fraction of sp³-hybridized carbons (Fsp3) is 0.714. The Morgan fingerprint density at radius 3 is 1.54 bits per heavy atom. The van der Waals surface area contributed by atoms with Gasteiger partial charge in [-0.2, -0.15) is 0 Å². The molecule has 0 amide bonds. The van der Waals surface area contributed by atoms with Crippen molar-refractivity contribution in [3.63, 3.8) is 0 Å². The van der Waals surface area contributed by atoms with Gasteiger partial charge in [-0.3, -0.25) is 0 Å². The summed E-state index contributed by atoms with van der Waals surface area (Å²) in [6.07, 6.45) is 2.84. The van der Waals surface area contributed by atoms with E-state index in [2.05, 4.69) is 49.7 Å². The summed E-state index contributed by atoms with van der Waals surface area (Å²) in [5, 5.41) is 0. The minimum Gasteiger partial charge on any atom is -0.514 e. The molecule has 0 unspecified atom stereocenters. The fourth-order valence-electron chi connectivity index (χ4n) is 0.692. The quantitative estimate of drug-likeness (QED) is 0.406. The van der Waals surface area contributed by atoms with Gasteiger partial charge in [0, 0.05) is 8.77 Å². The van der Waals surface area contributed by atoms with Crippen molar-refractivity contribution >= 4 is 58.5 Å². The normalized spacial score (nSPS) is 9.23. The van der Waals surface area contributed by atoms with Crippen LogP contribution in [0.15, 0.2) is 0 Å². The lowest BCUT2D eigenvalue weighted by Gasteiger charge is -2.10. The fourth-order valence-corrected chi connectivity index (χ4v) is 1.03. The first kappa shape index (κ1) is 13.2. The maximum Gasteiger partial charge on any atom is 0.0858 e. The molecule has 76 valence electrons. The van der Waals surface area contributed by atoms with E-state index in [1.165, 1.54) is 0 Å². The van der Waals surface area contributed by atoms with Crippen LogP contribution in [0.1, 0.15) is 19.3 Å². The summed E-state index contributed by atoms with van der Waals surface area (Å²) < 4.78 is 10.2. The molecular formula is C7H10O2S4-2. The maximum atomic E-state index is 4.93. The van der Waals surface area contributed by atoms with Crippen molar-refractivity contribution in [2.75, 3.05) is 13.2 Å². The van der Waals surface area contributed by atoms with Crippen LogP contribution in [0.25, 0.3) is 0 Å². The molecule has 6 heteroatoms. The minimum atomic E-state index is 0.183. The SMILES string of the molecule is S=C([S-])OCCCCCOC(=S)[S-]. The van der Waals surface area contributed by atoms with Crippen LogP contribution in [0.2, 0.25) is 0 Å². The molecule has 0 atom stereocenters. The average Bonchev–Trinajstić information content (AvgIpc) is 2.01. The zero-order valence-electron chi connectivity index (χ0n) is 6.99. The third-order valence-electron chi connectivity index (χ3n) is 1.23. The molecule has 0 spiro atoms. The first-order valence-corrected chi connectivity index (χ1v) is 5.44. The molecule has 0 aromatic carbocycles. The number of unbranched alkanes of at least 4 members (excludes halogenated alkanes) is 2. The van der Waals surface area contributed by atoms with Gasteiger partial charge in [0.25, 0.3) is 0 Å². The lowest BCUT2D eigenvalue weighted by molar-refractivity contribution is 0.282. The van der Waals surface area contributed by atoms with Gasteiger partial charge in [-0.25, -0.2) is 0 Å². The predicted molar refractivity (Wildman–Crippen MR) is 65.7 cm³/mol. The Labute approximate surface area is 100 Å². The summed E-state index contributed by atoms with van der Waals surface area (Å²) in [6.45, 7) is 1.17. The van der Waals surface area contributed by atoms with E-state index in [0.717, 1.165) is 19.3 Å². The van der Waals surface area contributed by atoms with E-state index >= 15 is 0 Å². The number of ether oxygens (including phenoxy) is 2. The van der Waals surface area contributed by atoms with Gasteiger partial charge in [-0.05, 0) is 19.3 Å². The van der Waals surface area contributed by atoms with Crippen molar-refractivity contribution in [2.45, 2.75) is 19.3 Å². The second-order valence-corrected chi connectivity index (χ2v) is 4.26. The van der Waals surface area contributed by atoms with Crippen LogP contribution in [0, 0.1) is 0 Å². The van der Waals surface area contributed by atoms with Crippen LogP contribution in [-0.4, -0.2) is 22.0 Å². The molecule has 0 aliphatic rings. The Bertz CT molecular complexity index is 154. The van der Waals surface area contributed by atoms with Crippen molar-refractivity contribution < 1.29 is 9.47 Å². The Kier molecular flexibility index (Phi) is 8.95. The summed E-state index contributed by atoms with van der Waals surface area (Å²) in [6, 6.07) is 0. The lowest BCUT2D eigenvalue weighted by Crippen LogP contribution is -2.01. The van der Waals surface area contributed by atoms with Gasteiger partial charge < -0.3 is 59.2 Å². The van der Waals surface area contributed by atoms with Crippen molar-refractivity contribution in [1.82, 2.24) is 0 Å². The van der Waals surface area contributed by atoms with Gasteiger partial charge in [-0.15, -0.1) is 0 Å². The van der Waals surface area contributed by atoms with E-state index in [1.54, 1.807) is 0 Å². The standard InChI is InChI=1S/C7H12O2S4/c10-6(11)8-4-2-1-3-5-9-7(12)13/h1-5H2,(H,10,11)(H,12,13)/p-2. The third-order valence-corrected chi connectivity index (χ3v) is 1.70. The molecule has 0 aromatic heterocycles. The topological polar surface area (TPSA) is 18.5 Å². The van der Waals surface area contributed by atoms with E-state index in [-0.39, 0.29) is 8.77 Å². The summed E-state index contributed by atoms with van der Waals surface area (Å²) in [7, 11) is 0. The molecule has 0 aliphatic carbocycles. The number of thiocarbonyl (C=S) groups is 2. The van der Waals surface area contributed by atoms with Crippen molar-refractivity contribution in [3.8, 4) is 0 Å². The molecule has 0 bridgehead atoms. The van der Waals surface area contributed by atoms with Crippen LogP contribution < -0.4 is 0 Å². The Morgan fingerprint density at radius 2 is 1.23 bits per heavy atom. The average molecular weight is 254 g/mol. The molecular weight excluding hydrogens is 244 g/mol. The monoisotopic (exact) mass is 254 g/mol. The van der Waals surface area contributed by atoms with Gasteiger partial charge in [0.15, 0.2) is 0 Å². The Hall–Kier alpha value is 0.220. The summed E-state index contributed by atoms with van der Waals surface area (Å²) in [5.74, 6) is 0. The smallest absolute Gasteiger partial charge is 0.0858 e. The van der Waals surface area contributed by atoms with Crippen LogP contribution in [-0.2, 0) is 34.7 Å². The number of hydrogen-bond donors (Lipinski definition) is 0. The van der Waals surface area contributed by atoms with E-state index in [1.807, 2.05) is 0 Å². The highest BCUT2D eigenvalue weighted by molar-refractivity contribution is 8.00. The van der Waals surface area contributed by atoms with Gasteiger partial charge in [0.05, 0.1) is 13.2 Å². The van der Waals surface area contributed by atoms with E-state index in [4.69, 9.17) is 9.47 Å². The van der Waals surface area contributed by atoms with E-state index in [0.29, 0.717) is 13.2 Å². The molecule has 0 saturated heterocycles. The van der Waals surface area contributed by atoms with E-state index < -0.39 is 0 Å². The minimum absolute atomic E-state index is 0.183. The zero-order valence-corrected chi connectivity index (χ0v) is 10.3. The summed E-state index contributed by atoms with van der Waals surface area (Å²) >= 11 is 18.3. The predicted octanol–water partition coefficient (Wildman–Crippen LogP) is 1.85. The first-order chi connectivity index (χ1) is 6.13. The highest BCUT2D eigenvalue weighted by Crippen LogP contribution is 1.97. The molecule has 0 rings (SSSR count). The van der Waals surface area contributed by atoms with Crippen LogP contribution in [0.5, 0.6) is 0 Å². The first-order valence-electron chi connectivity index (χ1n) is 3.80. The van der Waals surface area contributed by atoms with Gasteiger partial charge in [0.2, 0.25) is 0 Å². The van der Waals surface area contributed by atoms with Crippen LogP contribution in [0.3, 0.4) is 0 Å².